The Bertz CT molecular complexity index is 179. The van der Waals surface area contributed by atoms with Gasteiger partial charge in [-0.15, -0.1) is 6.58 Å². The average molecular weight is 196 g/mol. The molecule has 0 aromatic heterocycles. The molecule has 0 aromatic carbocycles. The summed E-state index contributed by atoms with van der Waals surface area (Å²) >= 11 is 0. The van der Waals surface area contributed by atoms with E-state index in [2.05, 4.69) is 37.6 Å². The summed E-state index contributed by atoms with van der Waals surface area (Å²) in [4.78, 5) is 2.51. The third-order valence-corrected chi connectivity index (χ3v) is 3.42. The molecule has 0 spiro atoms. The van der Waals surface area contributed by atoms with Gasteiger partial charge < -0.3 is 5.32 Å². The van der Waals surface area contributed by atoms with Gasteiger partial charge in [0.1, 0.15) is 0 Å². The highest BCUT2D eigenvalue weighted by Gasteiger charge is 2.26. The number of hydrogen-bond acceptors (Lipinski definition) is 2. The van der Waals surface area contributed by atoms with E-state index < -0.39 is 0 Å². The molecule has 1 aliphatic rings. The van der Waals surface area contributed by atoms with Crippen LogP contribution >= 0.6 is 0 Å². The zero-order valence-corrected chi connectivity index (χ0v) is 9.79. The maximum Gasteiger partial charge on any atom is 0.0221 e. The molecule has 2 nitrogen and oxygen atoms in total. The minimum Gasteiger partial charge on any atom is -0.311 e. The minimum atomic E-state index is 0.647. The lowest BCUT2D eigenvalue weighted by Gasteiger charge is -2.40. The molecule has 1 N–H and O–H groups in total. The summed E-state index contributed by atoms with van der Waals surface area (Å²) in [6.07, 6.45) is 3.27. The minimum absolute atomic E-state index is 0.647. The second-order valence-corrected chi connectivity index (χ2v) is 4.49. The predicted molar refractivity (Wildman–Crippen MR) is 62.5 cm³/mol. The van der Waals surface area contributed by atoms with E-state index >= 15 is 0 Å². The van der Waals surface area contributed by atoms with Gasteiger partial charge in [-0.05, 0) is 12.8 Å². The number of hydrogen-bond donors (Lipinski definition) is 1. The van der Waals surface area contributed by atoms with E-state index in [1.54, 1.807) is 0 Å². The smallest absolute Gasteiger partial charge is 0.0221 e. The Hall–Kier alpha value is -0.340. The van der Waals surface area contributed by atoms with Gasteiger partial charge in [-0.1, -0.05) is 26.3 Å². The standard InChI is InChI=1S/C12H24N2/c1-5-7-14-9-12(10(3)6-2)13-8-11(14)4/h5,10-13H,1,6-9H2,2-4H3. The fourth-order valence-electron chi connectivity index (χ4n) is 2.03. The third-order valence-electron chi connectivity index (χ3n) is 3.42. The summed E-state index contributed by atoms with van der Waals surface area (Å²) < 4.78 is 0. The fourth-order valence-corrected chi connectivity index (χ4v) is 2.03. The summed E-state index contributed by atoms with van der Waals surface area (Å²) in [6.45, 7) is 14.0. The lowest BCUT2D eigenvalue weighted by molar-refractivity contribution is 0.132. The van der Waals surface area contributed by atoms with Gasteiger partial charge in [0.2, 0.25) is 0 Å². The molecule has 0 aliphatic carbocycles. The summed E-state index contributed by atoms with van der Waals surface area (Å²) in [5, 5.41) is 3.63. The van der Waals surface area contributed by atoms with E-state index in [0.717, 1.165) is 19.0 Å². The number of nitrogens with zero attached hydrogens (tertiary/aromatic N) is 1. The van der Waals surface area contributed by atoms with Crippen LogP contribution < -0.4 is 5.32 Å². The van der Waals surface area contributed by atoms with E-state index in [9.17, 15) is 0 Å². The molecule has 0 aromatic rings. The van der Waals surface area contributed by atoms with Gasteiger partial charge in [-0.2, -0.15) is 0 Å². The van der Waals surface area contributed by atoms with Crippen LogP contribution in [0.2, 0.25) is 0 Å². The molecule has 2 heteroatoms. The van der Waals surface area contributed by atoms with Gasteiger partial charge in [0.15, 0.2) is 0 Å². The van der Waals surface area contributed by atoms with Crippen LogP contribution in [0.15, 0.2) is 12.7 Å². The van der Waals surface area contributed by atoms with Crippen LogP contribution in [0, 0.1) is 5.92 Å². The van der Waals surface area contributed by atoms with E-state index in [4.69, 9.17) is 0 Å². The molecular weight excluding hydrogens is 172 g/mol. The van der Waals surface area contributed by atoms with E-state index in [0.29, 0.717) is 12.1 Å². The largest absolute Gasteiger partial charge is 0.311 e. The molecule has 0 bridgehead atoms. The maximum absolute atomic E-state index is 3.82. The van der Waals surface area contributed by atoms with Gasteiger partial charge in [-0.3, -0.25) is 4.90 Å². The molecule has 14 heavy (non-hydrogen) atoms. The molecule has 1 heterocycles. The molecule has 0 saturated carbocycles. The number of nitrogens with one attached hydrogen (secondary N) is 1. The van der Waals surface area contributed by atoms with Crippen LogP contribution in [0.5, 0.6) is 0 Å². The topological polar surface area (TPSA) is 15.3 Å². The highest BCUT2D eigenvalue weighted by molar-refractivity contribution is 4.89. The first-order valence-electron chi connectivity index (χ1n) is 5.77. The third kappa shape index (κ3) is 2.82. The Kier molecular flexibility index (Phi) is 4.63. The predicted octanol–water partition coefficient (Wildman–Crippen LogP) is 1.88. The van der Waals surface area contributed by atoms with Crippen molar-refractivity contribution in [2.75, 3.05) is 19.6 Å². The first-order valence-corrected chi connectivity index (χ1v) is 5.77. The van der Waals surface area contributed by atoms with E-state index in [1.807, 2.05) is 6.08 Å². The van der Waals surface area contributed by atoms with Gasteiger partial charge in [0.05, 0.1) is 0 Å². The molecule has 0 radical (unpaired) electrons. The highest BCUT2D eigenvalue weighted by Crippen LogP contribution is 2.14. The van der Waals surface area contributed by atoms with Crippen LogP contribution in [0.25, 0.3) is 0 Å². The highest BCUT2D eigenvalue weighted by atomic mass is 15.2. The van der Waals surface area contributed by atoms with Crippen molar-refractivity contribution in [3.05, 3.63) is 12.7 Å². The zero-order valence-electron chi connectivity index (χ0n) is 9.79. The van der Waals surface area contributed by atoms with Crippen molar-refractivity contribution in [3.8, 4) is 0 Å². The molecule has 82 valence electrons. The Morgan fingerprint density at radius 3 is 2.93 bits per heavy atom. The Morgan fingerprint density at radius 2 is 2.36 bits per heavy atom. The van der Waals surface area contributed by atoms with Crippen LogP contribution in [0.3, 0.4) is 0 Å². The van der Waals surface area contributed by atoms with Crippen molar-refractivity contribution < 1.29 is 0 Å². The van der Waals surface area contributed by atoms with Crippen LogP contribution in [0.1, 0.15) is 27.2 Å². The monoisotopic (exact) mass is 196 g/mol. The fraction of sp³-hybridized carbons (Fsp3) is 0.833. The van der Waals surface area contributed by atoms with Gasteiger partial charge in [-0.25, -0.2) is 0 Å². The van der Waals surface area contributed by atoms with Crippen LogP contribution in [0.4, 0.5) is 0 Å². The summed E-state index contributed by atoms with van der Waals surface area (Å²) in [6, 6.07) is 1.31. The second kappa shape index (κ2) is 5.52. The molecular formula is C12H24N2. The molecule has 1 fully saturated rings. The summed E-state index contributed by atoms with van der Waals surface area (Å²) in [5.41, 5.74) is 0. The van der Waals surface area contributed by atoms with Crippen LogP contribution in [-0.4, -0.2) is 36.6 Å². The van der Waals surface area contributed by atoms with Gasteiger partial charge in [0, 0.05) is 31.7 Å². The van der Waals surface area contributed by atoms with Crippen molar-refractivity contribution in [2.24, 2.45) is 5.92 Å². The van der Waals surface area contributed by atoms with Gasteiger partial charge >= 0.3 is 0 Å². The lowest BCUT2D eigenvalue weighted by atomic mass is 9.96. The Morgan fingerprint density at radius 1 is 1.64 bits per heavy atom. The molecule has 3 atom stereocenters. The quantitative estimate of drug-likeness (QED) is 0.691. The van der Waals surface area contributed by atoms with Crippen molar-refractivity contribution in [1.82, 2.24) is 10.2 Å². The van der Waals surface area contributed by atoms with E-state index in [1.165, 1.54) is 13.0 Å². The van der Waals surface area contributed by atoms with Crippen molar-refractivity contribution in [3.63, 3.8) is 0 Å². The molecule has 1 rings (SSSR count). The molecule has 0 amide bonds. The van der Waals surface area contributed by atoms with Crippen LogP contribution in [-0.2, 0) is 0 Å². The SMILES string of the molecule is C=CCN1CC(C(C)CC)NCC1C. The van der Waals surface area contributed by atoms with Crippen molar-refractivity contribution >= 4 is 0 Å². The van der Waals surface area contributed by atoms with Crippen molar-refractivity contribution in [1.29, 1.82) is 0 Å². The van der Waals surface area contributed by atoms with Crippen molar-refractivity contribution in [2.45, 2.75) is 39.3 Å². The first kappa shape index (κ1) is 11.7. The Labute approximate surface area is 88.4 Å². The summed E-state index contributed by atoms with van der Waals surface area (Å²) in [7, 11) is 0. The first-order chi connectivity index (χ1) is 6.69. The number of rotatable bonds is 4. The van der Waals surface area contributed by atoms with E-state index in [-0.39, 0.29) is 0 Å². The summed E-state index contributed by atoms with van der Waals surface area (Å²) in [5.74, 6) is 0.773. The molecule has 3 unspecified atom stereocenters. The average Bonchev–Trinajstić information content (AvgIpc) is 2.20. The zero-order chi connectivity index (χ0) is 10.6. The van der Waals surface area contributed by atoms with Gasteiger partial charge in [0.25, 0.3) is 0 Å². The normalized spacial score (nSPS) is 31.4. The second-order valence-electron chi connectivity index (χ2n) is 4.49. The lowest BCUT2D eigenvalue weighted by Crippen LogP contribution is -2.57. The number of piperazine rings is 1. The molecule has 1 saturated heterocycles. The Balaban J connectivity index is 2.48. The maximum atomic E-state index is 3.82. The molecule has 1 aliphatic heterocycles.